The van der Waals surface area contributed by atoms with Crippen LogP contribution in [0.4, 0.5) is 4.79 Å². The summed E-state index contributed by atoms with van der Waals surface area (Å²) in [6.07, 6.45) is -0.00687. The topological polar surface area (TPSA) is 59.1 Å². The van der Waals surface area contributed by atoms with Crippen LogP contribution in [0.3, 0.4) is 0 Å². The number of piperazine rings is 1. The van der Waals surface area contributed by atoms with Crippen LogP contribution < -0.4 is 4.74 Å². The molecule has 1 aliphatic rings. The van der Waals surface area contributed by atoms with Crippen LogP contribution >= 0.6 is 0 Å². The molecule has 0 bridgehead atoms. The Balaban J connectivity index is 1.89. The molecule has 0 N–H and O–H groups in total. The smallest absolute Gasteiger partial charge is 0.409 e. The Hall–Kier alpha value is -2.24. The van der Waals surface area contributed by atoms with Crippen LogP contribution in [0, 0.1) is 0 Å². The monoisotopic (exact) mass is 334 g/mol. The predicted octanol–water partition coefficient (Wildman–Crippen LogP) is 2.32. The van der Waals surface area contributed by atoms with Gasteiger partial charge < -0.3 is 19.3 Å². The molecule has 0 spiro atoms. The van der Waals surface area contributed by atoms with E-state index in [2.05, 4.69) is 6.92 Å². The van der Waals surface area contributed by atoms with Crippen molar-refractivity contribution in [2.75, 3.05) is 32.8 Å². The Kier molecular flexibility index (Phi) is 6.46. The normalized spacial score (nSPS) is 15.8. The van der Waals surface area contributed by atoms with Gasteiger partial charge in [0.15, 0.2) is 6.10 Å². The van der Waals surface area contributed by atoms with Crippen LogP contribution in [0.15, 0.2) is 24.3 Å². The summed E-state index contributed by atoms with van der Waals surface area (Å²) in [4.78, 5) is 27.6. The standard InChI is InChI=1S/C18H26N2O4/c1-4-15-8-6-7-9-16(15)24-14(3)17(21)19-10-12-20(13-11-19)18(22)23-5-2/h6-9,14H,4-5,10-13H2,1-3H3/t14-/m1/s1. The average molecular weight is 334 g/mol. The van der Waals surface area contributed by atoms with Gasteiger partial charge in [-0.3, -0.25) is 4.79 Å². The van der Waals surface area contributed by atoms with Crippen molar-refractivity contribution >= 4 is 12.0 Å². The highest BCUT2D eigenvalue weighted by Crippen LogP contribution is 2.20. The van der Waals surface area contributed by atoms with Crippen molar-refractivity contribution in [2.24, 2.45) is 0 Å². The maximum atomic E-state index is 12.6. The summed E-state index contributed by atoms with van der Waals surface area (Å²) >= 11 is 0. The van der Waals surface area contributed by atoms with E-state index in [0.29, 0.717) is 32.8 Å². The molecule has 1 saturated heterocycles. The molecule has 2 amide bonds. The van der Waals surface area contributed by atoms with E-state index in [1.54, 1.807) is 23.6 Å². The Labute approximate surface area is 143 Å². The molecule has 1 aromatic carbocycles. The molecule has 0 radical (unpaired) electrons. The molecule has 24 heavy (non-hydrogen) atoms. The van der Waals surface area contributed by atoms with Crippen molar-refractivity contribution in [3.8, 4) is 5.75 Å². The first-order valence-electron chi connectivity index (χ1n) is 8.51. The van der Waals surface area contributed by atoms with Crippen molar-refractivity contribution in [1.82, 2.24) is 9.80 Å². The first kappa shape index (κ1) is 18.1. The van der Waals surface area contributed by atoms with Gasteiger partial charge >= 0.3 is 6.09 Å². The number of carbonyl (C=O) groups excluding carboxylic acids is 2. The minimum absolute atomic E-state index is 0.0515. The molecule has 6 heteroatoms. The van der Waals surface area contributed by atoms with E-state index < -0.39 is 6.10 Å². The van der Waals surface area contributed by atoms with E-state index >= 15 is 0 Å². The van der Waals surface area contributed by atoms with Crippen LogP contribution in [-0.4, -0.2) is 60.7 Å². The molecule has 1 heterocycles. The second-order valence-electron chi connectivity index (χ2n) is 5.73. The van der Waals surface area contributed by atoms with Crippen molar-refractivity contribution in [1.29, 1.82) is 0 Å². The van der Waals surface area contributed by atoms with Gasteiger partial charge in [-0.05, 0) is 31.9 Å². The third kappa shape index (κ3) is 4.40. The molecule has 0 saturated carbocycles. The SMILES string of the molecule is CCOC(=O)N1CCN(C(=O)[C@@H](C)Oc2ccccc2CC)CC1. The fraction of sp³-hybridized carbons (Fsp3) is 0.556. The van der Waals surface area contributed by atoms with Gasteiger partial charge in [0.05, 0.1) is 6.61 Å². The lowest BCUT2D eigenvalue weighted by molar-refractivity contribution is -0.139. The lowest BCUT2D eigenvalue weighted by atomic mass is 10.1. The van der Waals surface area contributed by atoms with E-state index in [-0.39, 0.29) is 12.0 Å². The molecule has 0 aliphatic carbocycles. The number of aryl methyl sites for hydroxylation is 1. The minimum atomic E-state index is -0.549. The Bertz CT molecular complexity index is 568. The number of hydrogen-bond donors (Lipinski definition) is 0. The van der Waals surface area contributed by atoms with Crippen LogP contribution in [0.5, 0.6) is 5.75 Å². The number of benzene rings is 1. The van der Waals surface area contributed by atoms with E-state index in [1.807, 2.05) is 24.3 Å². The van der Waals surface area contributed by atoms with E-state index in [0.717, 1.165) is 17.7 Å². The van der Waals surface area contributed by atoms with Crippen LogP contribution in [0.2, 0.25) is 0 Å². The lowest BCUT2D eigenvalue weighted by Gasteiger charge is -2.35. The molecule has 1 aliphatic heterocycles. The second kappa shape index (κ2) is 8.57. The predicted molar refractivity (Wildman–Crippen MR) is 91.1 cm³/mol. The van der Waals surface area contributed by atoms with Gasteiger partial charge in [-0.15, -0.1) is 0 Å². The fourth-order valence-corrected chi connectivity index (χ4v) is 2.73. The third-order valence-electron chi connectivity index (χ3n) is 4.12. The maximum absolute atomic E-state index is 12.6. The van der Waals surface area contributed by atoms with Crippen molar-refractivity contribution < 1.29 is 19.1 Å². The largest absolute Gasteiger partial charge is 0.481 e. The lowest BCUT2D eigenvalue weighted by Crippen LogP contribution is -2.53. The molecule has 132 valence electrons. The Morgan fingerprint density at radius 2 is 1.71 bits per heavy atom. The molecular weight excluding hydrogens is 308 g/mol. The van der Waals surface area contributed by atoms with Gasteiger partial charge in [-0.25, -0.2) is 4.79 Å². The Morgan fingerprint density at radius 1 is 1.08 bits per heavy atom. The van der Waals surface area contributed by atoms with Crippen molar-refractivity contribution in [3.05, 3.63) is 29.8 Å². The molecular formula is C18H26N2O4. The molecule has 0 aromatic heterocycles. The number of amides is 2. The molecule has 0 unspecified atom stereocenters. The number of carbonyl (C=O) groups is 2. The van der Waals surface area contributed by atoms with Gasteiger partial charge in [0, 0.05) is 26.2 Å². The molecule has 2 rings (SSSR count). The summed E-state index contributed by atoms with van der Waals surface area (Å²) in [5.74, 6) is 0.704. The number of nitrogens with zero attached hydrogens (tertiary/aromatic N) is 2. The third-order valence-corrected chi connectivity index (χ3v) is 4.12. The van der Waals surface area contributed by atoms with Crippen LogP contribution in [-0.2, 0) is 16.0 Å². The zero-order valence-electron chi connectivity index (χ0n) is 14.7. The van der Waals surface area contributed by atoms with Crippen molar-refractivity contribution in [2.45, 2.75) is 33.3 Å². The van der Waals surface area contributed by atoms with Crippen molar-refractivity contribution in [3.63, 3.8) is 0 Å². The average Bonchev–Trinajstić information content (AvgIpc) is 2.61. The molecule has 1 atom stereocenters. The van der Waals surface area contributed by atoms with Gasteiger partial charge in [0.1, 0.15) is 5.75 Å². The molecule has 1 fully saturated rings. The molecule has 6 nitrogen and oxygen atoms in total. The number of rotatable bonds is 5. The number of hydrogen-bond acceptors (Lipinski definition) is 4. The van der Waals surface area contributed by atoms with E-state index in [4.69, 9.17) is 9.47 Å². The van der Waals surface area contributed by atoms with Gasteiger partial charge in [0.2, 0.25) is 0 Å². The quantitative estimate of drug-likeness (QED) is 0.829. The summed E-state index contributed by atoms with van der Waals surface area (Å²) in [5, 5.41) is 0. The maximum Gasteiger partial charge on any atom is 0.409 e. The minimum Gasteiger partial charge on any atom is -0.481 e. The van der Waals surface area contributed by atoms with E-state index in [9.17, 15) is 9.59 Å². The first-order chi connectivity index (χ1) is 11.6. The summed E-state index contributed by atoms with van der Waals surface area (Å²) in [5.41, 5.74) is 1.09. The zero-order chi connectivity index (χ0) is 17.5. The van der Waals surface area contributed by atoms with Crippen LogP contribution in [0.25, 0.3) is 0 Å². The fourth-order valence-electron chi connectivity index (χ4n) is 2.73. The van der Waals surface area contributed by atoms with Gasteiger partial charge in [-0.1, -0.05) is 25.1 Å². The Morgan fingerprint density at radius 3 is 2.33 bits per heavy atom. The molecule has 1 aromatic rings. The zero-order valence-corrected chi connectivity index (χ0v) is 14.7. The summed E-state index contributed by atoms with van der Waals surface area (Å²) in [6, 6.07) is 7.77. The number of ether oxygens (including phenoxy) is 2. The summed E-state index contributed by atoms with van der Waals surface area (Å²) < 4.78 is 10.9. The number of para-hydroxylation sites is 1. The summed E-state index contributed by atoms with van der Waals surface area (Å²) in [7, 11) is 0. The first-order valence-corrected chi connectivity index (χ1v) is 8.51. The van der Waals surface area contributed by atoms with Gasteiger partial charge in [0.25, 0.3) is 5.91 Å². The van der Waals surface area contributed by atoms with Crippen LogP contribution in [0.1, 0.15) is 26.3 Å². The highest BCUT2D eigenvalue weighted by atomic mass is 16.6. The van der Waals surface area contributed by atoms with E-state index in [1.165, 1.54) is 0 Å². The highest BCUT2D eigenvalue weighted by molar-refractivity contribution is 5.81. The second-order valence-corrected chi connectivity index (χ2v) is 5.73. The van der Waals surface area contributed by atoms with Gasteiger partial charge in [-0.2, -0.15) is 0 Å². The highest BCUT2D eigenvalue weighted by Gasteiger charge is 2.28. The summed E-state index contributed by atoms with van der Waals surface area (Å²) in [6.45, 7) is 7.95.